The number of alkyl carbamates (subject to hydrolysis) is 1. The summed E-state index contributed by atoms with van der Waals surface area (Å²) < 4.78 is 41.7. The van der Waals surface area contributed by atoms with Crippen LogP contribution in [0.2, 0.25) is 0 Å². The van der Waals surface area contributed by atoms with Crippen molar-refractivity contribution in [2.75, 3.05) is 13.1 Å². The molecule has 1 aromatic carbocycles. The number of carbonyl (C=O) groups is 1. The van der Waals surface area contributed by atoms with Gasteiger partial charge in [-0.3, -0.25) is 0 Å². The smallest absolute Gasteiger partial charge is 0.444 e. The zero-order chi connectivity index (χ0) is 17.5. The fraction of sp³-hybridized carbons (Fsp3) is 0.533. The molecular formula is C15H21F3N2O2S. The molecule has 0 atom stereocenters. The normalized spacial score (nSPS) is 12.1. The number of hydrogen-bond acceptors (Lipinski definition) is 4. The van der Waals surface area contributed by atoms with Gasteiger partial charge >= 0.3 is 11.6 Å². The summed E-state index contributed by atoms with van der Waals surface area (Å²) in [6, 6.07) is 6.16. The minimum Gasteiger partial charge on any atom is -0.444 e. The van der Waals surface area contributed by atoms with E-state index in [0.717, 1.165) is 5.56 Å². The molecule has 0 radical (unpaired) electrons. The van der Waals surface area contributed by atoms with Gasteiger partial charge in [0.15, 0.2) is 0 Å². The molecule has 0 aliphatic rings. The summed E-state index contributed by atoms with van der Waals surface area (Å²) in [4.78, 5) is 11.5. The van der Waals surface area contributed by atoms with E-state index in [2.05, 4.69) is 10.6 Å². The van der Waals surface area contributed by atoms with Crippen LogP contribution in [0.4, 0.5) is 18.0 Å². The minimum absolute atomic E-state index is 0.133. The lowest BCUT2D eigenvalue weighted by atomic mass is 10.2. The predicted octanol–water partition coefficient (Wildman–Crippen LogP) is 3.91. The Hall–Kier alpha value is -1.41. The lowest BCUT2D eigenvalue weighted by Gasteiger charge is -2.19. The van der Waals surface area contributed by atoms with Crippen LogP contribution in [0, 0.1) is 0 Å². The first-order chi connectivity index (χ1) is 10.6. The van der Waals surface area contributed by atoms with Crippen LogP contribution in [-0.2, 0) is 11.3 Å². The van der Waals surface area contributed by atoms with E-state index in [0.29, 0.717) is 19.6 Å². The van der Waals surface area contributed by atoms with Crippen molar-refractivity contribution in [2.24, 2.45) is 0 Å². The van der Waals surface area contributed by atoms with E-state index < -0.39 is 17.2 Å². The van der Waals surface area contributed by atoms with Gasteiger partial charge in [0.05, 0.1) is 0 Å². The molecule has 0 aromatic heterocycles. The van der Waals surface area contributed by atoms with Gasteiger partial charge in [-0.25, -0.2) is 4.79 Å². The summed E-state index contributed by atoms with van der Waals surface area (Å²) in [7, 11) is 0. The number of benzene rings is 1. The number of rotatable bonds is 6. The lowest BCUT2D eigenvalue weighted by Crippen LogP contribution is -2.36. The summed E-state index contributed by atoms with van der Waals surface area (Å²) >= 11 is -0.133. The zero-order valence-electron chi connectivity index (χ0n) is 13.3. The van der Waals surface area contributed by atoms with Crippen molar-refractivity contribution in [3.8, 4) is 0 Å². The van der Waals surface area contributed by atoms with E-state index in [1.54, 1.807) is 32.9 Å². The predicted molar refractivity (Wildman–Crippen MR) is 84.3 cm³/mol. The fourth-order valence-corrected chi connectivity index (χ4v) is 2.15. The Kier molecular flexibility index (Phi) is 7.21. The highest BCUT2D eigenvalue weighted by atomic mass is 32.2. The number of thioether (sulfide) groups is 1. The van der Waals surface area contributed by atoms with E-state index in [-0.39, 0.29) is 16.7 Å². The summed E-state index contributed by atoms with van der Waals surface area (Å²) in [6.45, 7) is 6.78. The van der Waals surface area contributed by atoms with Gasteiger partial charge < -0.3 is 15.4 Å². The molecule has 1 amide bonds. The van der Waals surface area contributed by atoms with E-state index in [1.165, 1.54) is 12.1 Å². The molecule has 0 spiro atoms. The monoisotopic (exact) mass is 350 g/mol. The molecule has 2 N–H and O–H groups in total. The molecule has 4 nitrogen and oxygen atoms in total. The van der Waals surface area contributed by atoms with Gasteiger partial charge in [-0.15, -0.1) is 0 Å². The molecule has 0 unspecified atom stereocenters. The van der Waals surface area contributed by atoms with Gasteiger partial charge in [-0.1, -0.05) is 12.1 Å². The number of ether oxygens (including phenoxy) is 1. The average molecular weight is 350 g/mol. The Bertz CT molecular complexity index is 499. The average Bonchev–Trinajstić information content (AvgIpc) is 2.36. The largest absolute Gasteiger partial charge is 0.446 e. The minimum atomic E-state index is -4.27. The lowest BCUT2D eigenvalue weighted by molar-refractivity contribution is -0.0328. The zero-order valence-corrected chi connectivity index (χ0v) is 14.1. The number of carbonyl (C=O) groups excluding carboxylic acids is 1. The standard InChI is InChI=1S/C15H21F3N2O2S/c1-14(2,3)22-13(21)20-9-8-19-10-11-4-6-12(7-5-11)23-15(16,17)18/h4-7,19H,8-10H2,1-3H3,(H,20,21). The Morgan fingerprint density at radius 1 is 1.13 bits per heavy atom. The Morgan fingerprint density at radius 2 is 1.74 bits per heavy atom. The summed E-state index contributed by atoms with van der Waals surface area (Å²) in [6.07, 6.45) is -0.479. The van der Waals surface area contributed by atoms with Crippen molar-refractivity contribution in [3.05, 3.63) is 29.8 Å². The summed E-state index contributed by atoms with van der Waals surface area (Å²) in [5.41, 5.74) is -3.94. The molecular weight excluding hydrogens is 329 g/mol. The first kappa shape index (κ1) is 19.6. The molecule has 23 heavy (non-hydrogen) atoms. The quantitative estimate of drug-likeness (QED) is 0.603. The van der Waals surface area contributed by atoms with E-state index in [4.69, 9.17) is 4.74 Å². The van der Waals surface area contributed by atoms with Gasteiger partial charge in [0.2, 0.25) is 0 Å². The van der Waals surface area contributed by atoms with E-state index in [1.807, 2.05) is 0 Å². The van der Waals surface area contributed by atoms with Crippen LogP contribution >= 0.6 is 11.8 Å². The first-order valence-electron chi connectivity index (χ1n) is 7.07. The van der Waals surface area contributed by atoms with E-state index >= 15 is 0 Å². The van der Waals surface area contributed by atoms with Gasteiger partial charge in [-0.05, 0) is 50.2 Å². The third-order valence-corrected chi connectivity index (χ3v) is 3.20. The Balaban J connectivity index is 2.22. The molecule has 0 saturated heterocycles. The van der Waals surface area contributed by atoms with Crippen LogP contribution < -0.4 is 10.6 Å². The maximum Gasteiger partial charge on any atom is 0.446 e. The molecule has 8 heteroatoms. The second kappa shape index (κ2) is 8.44. The number of hydrogen-bond donors (Lipinski definition) is 2. The molecule has 0 aliphatic heterocycles. The van der Waals surface area contributed by atoms with Crippen LogP contribution in [0.3, 0.4) is 0 Å². The third-order valence-electron chi connectivity index (χ3n) is 2.46. The molecule has 0 aliphatic carbocycles. The van der Waals surface area contributed by atoms with E-state index in [9.17, 15) is 18.0 Å². The highest BCUT2D eigenvalue weighted by Gasteiger charge is 2.28. The van der Waals surface area contributed by atoms with Crippen LogP contribution in [0.15, 0.2) is 29.2 Å². The van der Waals surface area contributed by atoms with Gasteiger partial charge in [-0.2, -0.15) is 13.2 Å². The van der Waals surface area contributed by atoms with Crippen LogP contribution in [-0.4, -0.2) is 30.3 Å². The van der Waals surface area contributed by atoms with Crippen molar-refractivity contribution in [1.82, 2.24) is 10.6 Å². The van der Waals surface area contributed by atoms with Crippen molar-refractivity contribution in [3.63, 3.8) is 0 Å². The van der Waals surface area contributed by atoms with Crippen molar-refractivity contribution >= 4 is 17.9 Å². The molecule has 0 saturated carbocycles. The molecule has 0 bridgehead atoms. The molecule has 1 rings (SSSR count). The number of halogens is 3. The fourth-order valence-electron chi connectivity index (χ4n) is 1.61. The number of alkyl halides is 3. The number of nitrogens with one attached hydrogen (secondary N) is 2. The molecule has 1 aromatic rings. The first-order valence-corrected chi connectivity index (χ1v) is 7.89. The summed E-state index contributed by atoms with van der Waals surface area (Å²) in [5, 5.41) is 5.70. The molecule has 0 heterocycles. The highest BCUT2D eigenvalue weighted by molar-refractivity contribution is 8.00. The maximum absolute atomic E-state index is 12.2. The third kappa shape index (κ3) is 10.1. The second-order valence-corrected chi connectivity index (χ2v) is 6.94. The maximum atomic E-state index is 12.2. The van der Waals surface area contributed by atoms with Crippen LogP contribution in [0.5, 0.6) is 0 Å². The number of amides is 1. The second-order valence-electron chi connectivity index (χ2n) is 5.80. The van der Waals surface area contributed by atoms with Gasteiger partial charge in [0.25, 0.3) is 0 Å². The van der Waals surface area contributed by atoms with Crippen molar-refractivity contribution in [2.45, 2.75) is 43.3 Å². The van der Waals surface area contributed by atoms with Gasteiger partial charge in [0.1, 0.15) is 5.60 Å². The van der Waals surface area contributed by atoms with Crippen LogP contribution in [0.25, 0.3) is 0 Å². The topological polar surface area (TPSA) is 50.4 Å². The van der Waals surface area contributed by atoms with Crippen molar-refractivity contribution in [1.29, 1.82) is 0 Å². The molecule has 0 fully saturated rings. The Labute approximate surface area is 138 Å². The van der Waals surface area contributed by atoms with Crippen molar-refractivity contribution < 1.29 is 22.7 Å². The Morgan fingerprint density at radius 3 is 2.26 bits per heavy atom. The summed E-state index contributed by atoms with van der Waals surface area (Å²) in [5.74, 6) is 0. The highest BCUT2D eigenvalue weighted by Crippen LogP contribution is 2.36. The van der Waals surface area contributed by atoms with Crippen LogP contribution in [0.1, 0.15) is 26.3 Å². The molecule has 130 valence electrons. The SMILES string of the molecule is CC(C)(C)OC(=O)NCCNCc1ccc(SC(F)(F)F)cc1. The van der Waals surface area contributed by atoms with Gasteiger partial charge in [0, 0.05) is 24.5 Å².